The molecule has 0 radical (unpaired) electrons. The number of hydrogen-bond acceptors (Lipinski definition) is 6. The van der Waals surface area contributed by atoms with Crippen LogP contribution in [0.3, 0.4) is 0 Å². The largest absolute Gasteiger partial charge is 0.507 e. The van der Waals surface area contributed by atoms with E-state index < -0.39 is 0 Å². The van der Waals surface area contributed by atoms with E-state index in [1.54, 1.807) is 24.9 Å². The maximum Gasteiger partial charge on any atom is 0.222 e. The van der Waals surface area contributed by atoms with Gasteiger partial charge >= 0.3 is 0 Å². The number of carbonyl (C=O) groups excluding carboxylic acids is 1. The van der Waals surface area contributed by atoms with Gasteiger partial charge in [0.2, 0.25) is 5.91 Å². The zero-order chi connectivity index (χ0) is 25.8. The van der Waals surface area contributed by atoms with Crippen molar-refractivity contribution in [3.8, 4) is 22.8 Å². The minimum absolute atomic E-state index is 0.114. The summed E-state index contributed by atoms with van der Waals surface area (Å²) in [4.78, 5) is 18.3. The number of piperazine rings is 1. The molecular weight excluding hydrogens is 484 g/mol. The minimum atomic E-state index is 0.114. The van der Waals surface area contributed by atoms with Crippen molar-refractivity contribution < 1.29 is 19.1 Å². The molecule has 0 unspecified atom stereocenters. The number of rotatable bonds is 8. The van der Waals surface area contributed by atoms with Gasteiger partial charge < -0.3 is 19.2 Å². The lowest BCUT2D eigenvalue weighted by Gasteiger charge is -2.34. The molecular formula is C30H32N2O4S. The number of methoxy groups -OCH3 is 1. The third kappa shape index (κ3) is 5.63. The Labute approximate surface area is 221 Å². The van der Waals surface area contributed by atoms with Crippen LogP contribution < -0.4 is 4.74 Å². The first kappa shape index (κ1) is 25.2. The van der Waals surface area contributed by atoms with Gasteiger partial charge in [0.15, 0.2) is 5.76 Å². The molecule has 37 heavy (non-hydrogen) atoms. The van der Waals surface area contributed by atoms with Gasteiger partial charge in [0, 0.05) is 50.6 Å². The molecule has 192 valence electrons. The molecule has 0 aliphatic carbocycles. The SMILES string of the molecule is COc1ccc(-c2oc3ccc(CCC(=O)N4CCN(Cc5ccccc5)CC4)cc3c2SC)c(O)c1. The van der Waals surface area contributed by atoms with Gasteiger partial charge in [0.25, 0.3) is 0 Å². The molecule has 0 bridgehead atoms. The van der Waals surface area contributed by atoms with Crippen LogP contribution in [0.4, 0.5) is 0 Å². The summed E-state index contributed by atoms with van der Waals surface area (Å²) in [5.74, 6) is 1.56. The maximum absolute atomic E-state index is 12.9. The first-order valence-electron chi connectivity index (χ1n) is 12.6. The highest BCUT2D eigenvalue weighted by Gasteiger charge is 2.22. The molecule has 7 heteroatoms. The van der Waals surface area contributed by atoms with Crippen LogP contribution in [0, 0.1) is 0 Å². The van der Waals surface area contributed by atoms with Gasteiger partial charge in [-0.3, -0.25) is 9.69 Å². The Kier molecular flexibility index (Phi) is 7.72. The topological polar surface area (TPSA) is 66.2 Å². The Morgan fingerprint density at radius 1 is 1.00 bits per heavy atom. The highest BCUT2D eigenvalue weighted by Crippen LogP contribution is 2.43. The number of amides is 1. The number of phenols is 1. The van der Waals surface area contributed by atoms with Gasteiger partial charge in [0.1, 0.15) is 17.1 Å². The number of phenolic OH excluding ortho intramolecular Hbond substituents is 1. The molecule has 6 nitrogen and oxygen atoms in total. The number of carbonyl (C=O) groups is 1. The summed E-state index contributed by atoms with van der Waals surface area (Å²) in [6, 6.07) is 21.8. The average Bonchev–Trinajstić information content (AvgIpc) is 3.30. The van der Waals surface area contributed by atoms with E-state index in [1.165, 1.54) is 5.56 Å². The van der Waals surface area contributed by atoms with E-state index in [1.807, 2.05) is 41.5 Å². The van der Waals surface area contributed by atoms with Gasteiger partial charge in [-0.1, -0.05) is 36.4 Å². The Morgan fingerprint density at radius 3 is 2.49 bits per heavy atom. The molecule has 1 aliphatic rings. The number of aryl methyl sites for hydroxylation is 1. The van der Waals surface area contributed by atoms with Crippen LogP contribution in [-0.4, -0.2) is 60.4 Å². The quantitative estimate of drug-likeness (QED) is 0.298. The maximum atomic E-state index is 12.9. The lowest BCUT2D eigenvalue weighted by Crippen LogP contribution is -2.48. The summed E-state index contributed by atoms with van der Waals surface area (Å²) >= 11 is 1.59. The van der Waals surface area contributed by atoms with Gasteiger partial charge in [-0.2, -0.15) is 0 Å². The van der Waals surface area contributed by atoms with Crippen LogP contribution in [0.1, 0.15) is 17.5 Å². The van der Waals surface area contributed by atoms with E-state index in [9.17, 15) is 9.90 Å². The zero-order valence-corrected chi connectivity index (χ0v) is 22.1. The lowest BCUT2D eigenvalue weighted by molar-refractivity contribution is -0.133. The number of furan rings is 1. The van der Waals surface area contributed by atoms with E-state index in [2.05, 4.69) is 35.2 Å². The van der Waals surface area contributed by atoms with Crippen LogP contribution in [-0.2, 0) is 17.8 Å². The van der Waals surface area contributed by atoms with Crippen molar-refractivity contribution in [1.29, 1.82) is 0 Å². The second kappa shape index (κ2) is 11.3. The van der Waals surface area contributed by atoms with E-state index in [0.717, 1.165) is 54.2 Å². The molecule has 1 saturated heterocycles. The van der Waals surface area contributed by atoms with E-state index in [0.29, 0.717) is 29.9 Å². The van der Waals surface area contributed by atoms with Crippen molar-refractivity contribution in [3.05, 3.63) is 77.9 Å². The van der Waals surface area contributed by atoms with Crippen molar-refractivity contribution in [3.63, 3.8) is 0 Å². The molecule has 0 spiro atoms. The van der Waals surface area contributed by atoms with Crippen molar-refractivity contribution in [2.45, 2.75) is 24.3 Å². The average molecular weight is 517 g/mol. The Bertz CT molecular complexity index is 1380. The molecule has 1 aliphatic heterocycles. The molecule has 4 aromatic rings. The van der Waals surface area contributed by atoms with Crippen LogP contribution in [0.2, 0.25) is 0 Å². The highest BCUT2D eigenvalue weighted by atomic mass is 32.2. The van der Waals surface area contributed by atoms with E-state index in [4.69, 9.17) is 9.15 Å². The van der Waals surface area contributed by atoms with Crippen LogP contribution in [0.5, 0.6) is 11.5 Å². The molecule has 1 aromatic heterocycles. The second-order valence-electron chi connectivity index (χ2n) is 9.32. The third-order valence-electron chi connectivity index (χ3n) is 6.96. The molecule has 0 atom stereocenters. The summed E-state index contributed by atoms with van der Waals surface area (Å²) in [5, 5.41) is 11.5. The lowest BCUT2D eigenvalue weighted by atomic mass is 10.1. The van der Waals surface area contributed by atoms with Crippen LogP contribution in [0.25, 0.3) is 22.3 Å². The van der Waals surface area contributed by atoms with Gasteiger partial charge in [-0.05, 0) is 48.1 Å². The minimum Gasteiger partial charge on any atom is -0.507 e. The third-order valence-corrected chi connectivity index (χ3v) is 7.78. The predicted molar refractivity (Wildman–Crippen MR) is 148 cm³/mol. The summed E-state index contributed by atoms with van der Waals surface area (Å²) in [6.45, 7) is 4.29. The van der Waals surface area contributed by atoms with Crippen LogP contribution >= 0.6 is 11.8 Å². The van der Waals surface area contributed by atoms with E-state index in [-0.39, 0.29) is 11.7 Å². The Hall–Kier alpha value is -3.42. The highest BCUT2D eigenvalue weighted by molar-refractivity contribution is 7.99. The van der Waals surface area contributed by atoms with Crippen molar-refractivity contribution >= 4 is 28.6 Å². The summed E-state index contributed by atoms with van der Waals surface area (Å²) in [7, 11) is 1.57. The first-order chi connectivity index (χ1) is 18.1. The van der Waals surface area contributed by atoms with Crippen LogP contribution in [0.15, 0.2) is 76.0 Å². The normalized spacial score (nSPS) is 14.3. The van der Waals surface area contributed by atoms with Gasteiger partial charge in [-0.25, -0.2) is 0 Å². The number of hydrogen-bond donors (Lipinski definition) is 1. The molecule has 3 aromatic carbocycles. The zero-order valence-electron chi connectivity index (χ0n) is 21.3. The fourth-order valence-corrected chi connectivity index (χ4v) is 5.61. The monoisotopic (exact) mass is 516 g/mol. The van der Waals surface area contributed by atoms with Crippen molar-refractivity contribution in [2.75, 3.05) is 39.5 Å². The molecule has 1 amide bonds. The standard InChI is InChI=1S/C30H32N2O4S/c1-35-23-10-11-24(26(33)19-23)29-30(37-2)25-18-21(8-12-27(25)36-29)9-13-28(34)32-16-14-31(15-17-32)20-22-6-4-3-5-7-22/h3-8,10-12,18-19,33H,9,13-17,20H2,1-2H3. The predicted octanol–water partition coefficient (Wildman–Crippen LogP) is 5.81. The van der Waals surface area contributed by atoms with Gasteiger partial charge in [0.05, 0.1) is 17.6 Å². The van der Waals surface area contributed by atoms with Crippen molar-refractivity contribution in [2.24, 2.45) is 0 Å². The Morgan fingerprint density at radius 2 is 1.78 bits per heavy atom. The molecule has 1 fully saturated rings. The smallest absolute Gasteiger partial charge is 0.222 e. The molecule has 0 saturated carbocycles. The number of ether oxygens (including phenoxy) is 1. The molecule has 5 rings (SSSR count). The fraction of sp³-hybridized carbons (Fsp3) is 0.300. The molecule has 2 heterocycles. The van der Waals surface area contributed by atoms with Crippen molar-refractivity contribution in [1.82, 2.24) is 9.80 Å². The molecule has 1 N–H and O–H groups in total. The summed E-state index contributed by atoms with van der Waals surface area (Å²) in [5.41, 5.74) is 3.81. The number of nitrogens with zero attached hydrogens (tertiary/aromatic N) is 2. The second-order valence-corrected chi connectivity index (χ2v) is 10.1. The summed E-state index contributed by atoms with van der Waals surface area (Å²) in [6.07, 6.45) is 3.17. The Balaban J connectivity index is 1.23. The fourth-order valence-electron chi connectivity index (χ4n) is 4.89. The first-order valence-corrected chi connectivity index (χ1v) is 13.8. The van der Waals surface area contributed by atoms with E-state index >= 15 is 0 Å². The summed E-state index contributed by atoms with van der Waals surface area (Å²) < 4.78 is 11.4. The number of fused-ring (bicyclic) bond motifs is 1. The van der Waals surface area contributed by atoms with Gasteiger partial charge in [-0.15, -0.1) is 11.8 Å². The number of thioether (sulfide) groups is 1. The number of benzene rings is 3. The number of aromatic hydroxyl groups is 1.